The lowest BCUT2D eigenvalue weighted by atomic mass is 10.1. The predicted octanol–water partition coefficient (Wildman–Crippen LogP) is -1.49. The maximum Gasteiger partial charge on any atom is 0.241 e. The zero-order chi connectivity index (χ0) is 20.4. The molecule has 3 rings (SSSR count). The molecular formula is C16H16N8O4. The number of carbonyl (C=O) groups is 1. The van der Waals surface area contributed by atoms with Crippen LogP contribution in [0.25, 0.3) is 0 Å². The molecule has 12 heteroatoms. The summed E-state index contributed by atoms with van der Waals surface area (Å²) in [4.78, 5) is 37.1. The van der Waals surface area contributed by atoms with Crippen molar-refractivity contribution < 1.29 is 9.90 Å². The Bertz CT molecular complexity index is 1280. The molecule has 0 unspecified atom stereocenters. The summed E-state index contributed by atoms with van der Waals surface area (Å²) in [5.74, 6) is -0.711. The highest BCUT2D eigenvalue weighted by Crippen LogP contribution is 2.06. The lowest BCUT2D eigenvalue weighted by molar-refractivity contribution is 0.101. The third kappa shape index (κ3) is 3.30. The van der Waals surface area contributed by atoms with Crippen molar-refractivity contribution in [2.45, 2.75) is 6.92 Å². The minimum absolute atomic E-state index is 0.405. The number of carbonyl (C=O) groups excluding carboxylic acids is 1. The molecular weight excluding hydrogens is 368 g/mol. The molecule has 0 bridgehead atoms. The standard InChI is InChI=1S/C16H16N8O4/c1-8(25)11-14(26)12(21-19-9-4-6-17-23(9)2)16(28)13(15(11)27)22-20-10-5-7-18-24(10)3/h4-7,19-20,26H,1-3H3. The van der Waals surface area contributed by atoms with Gasteiger partial charge in [0.25, 0.3) is 0 Å². The SMILES string of the molecule is CC(=O)c1c(O)c(=NNc2ccnn2C)c(=O)c(=NNc2ccnn2C)c1=O. The molecule has 0 fully saturated rings. The molecule has 0 aliphatic rings. The van der Waals surface area contributed by atoms with E-state index in [2.05, 4.69) is 31.3 Å². The van der Waals surface area contributed by atoms with Crippen molar-refractivity contribution in [3.05, 3.63) is 61.3 Å². The highest BCUT2D eigenvalue weighted by atomic mass is 16.3. The van der Waals surface area contributed by atoms with Crippen LogP contribution in [0.2, 0.25) is 0 Å². The summed E-state index contributed by atoms with van der Waals surface area (Å²) in [6.07, 6.45) is 2.99. The fourth-order valence-corrected chi connectivity index (χ4v) is 2.39. The average Bonchev–Trinajstić information content (AvgIpc) is 3.22. The zero-order valence-electron chi connectivity index (χ0n) is 15.2. The van der Waals surface area contributed by atoms with E-state index in [1.165, 1.54) is 21.8 Å². The second kappa shape index (κ2) is 7.26. The van der Waals surface area contributed by atoms with Crippen molar-refractivity contribution in [3.8, 4) is 5.75 Å². The van der Waals surface area contributed by atoms with Crippen molar-refractivity contribution in [1.82, 2.24) is 19.6 Å². The van der Waals surface area contributed by atoms with Gasteiger partial charge in [0.15, 0.2) is 22.2 Å². The number of rotatable bonds is 5. The number of nitrogens with one attached hydrogen (secondary N) is 2. The monoisotopic (exact) mass is 384 g/mol. The second-order valence-corrected chi connectivity index (χ2v) is 5.76. The minimum Gasteiger partial charge on any atom is -0.505 e. The van der Waals surface area contributed by atoms with Gasteiger partial charge in [-0.25, -0.2) is 0 Å². The molecule has 3 aromatic rings. The molecule has 3 N–H and O–H groups in total. The summed E-state index contributed by atoms with van der Waals surface area (Å²) in [5, 5.41) is 24.7. The maximum absolute atomic E-state index is 12.7. The highest BCUT2D eigenvalue weighted by molar-refractivity contribution is 5.96. The first kappa shape index (κ1) is 18.7. The van der Waals surface area contributed by atoms with E-state index in [1.54, 1.807) is 26.2 Å². The summed E-state index contributed by atoms with van der Waals surface area (Å²) in [6.45, 7) is 1.09. The van der Waals surface area contributed by atoms with Crippen molar-refractivity contribution in [3.63, 3.8) is 0 Å². The lowest BCUT2D eigenvalue weighted by Gasteiger charge is -2.03. The van der Waals surface area contributed by atoms with Gasteiger partial charge in [0.1, 0.15) is 17.2 Å². The van der Waals surface area contributed by atoms with Crippen LogP contribution >= 0.6 is 0 Å². The smallest absolute Gasteiger partial charge is 0.241 e. The molecule has 0 aliphatic carbocycles. The van der Waals surface area contributed by atoms with Crippen LogP contribution < -0.4 is 32.4 Å². The lowest BCUT2D eigenvalue weighted by Crippen LogP contribution is -2.50. The highest BCUT2D eigenvalue weighted by Gasteiger charge is 2.19. The summed E-state index contributed by atoms with van der Waals surface area (Å²) < 4.78 is 2.87. The number of hydrogen-bond acceptors (Lipinski definition) is 10. The van der Waals surface area contributed by atoms with E-state index in [0.717, 1.165) is 6.92 Å². The molecule has 144 valence electrons. The van der Waals surface area contributed by atoms with Gasteiger partial charge in [0.2, 0.25) is 10.9 Å². The average molecular weight is 384 g/mol. The number of aromatic nitrogens is 4. The summed E-state index contributed by atoms with van der Waals surface area (Å²) >= 11 is 0. The molecule has 0 saturated carbocycles. The van der Waals surface area contributed by atoms with Gasteiger partial charge in [-0.2, -0.15) is 20.4 Å². The number of phenols is 1. The van der Waals surface area contributed by atoms with Gasteiger partial charge in [-0.05, 0) is 6.92 Å². The number of hydrogen-bond donors (Lipinski definition) is 3. The van der Waals surface area contributed by atoms with Crippen LogP contribution in [-0.2, 0) is 14.1 Å². The summed E-state index contributed by atoms with van der Waals surface area (Å²) in [6, 6.07) is 3.15. The Balaban J connectivity index is 2.22. The van der Waals surface area contributed by atoms with E-state index in [0.29, 0.717) is 11.6 Å². The number of aromatic hydroxyl groups is 1. The van der Waals surface area contributed by atoms with Crippen LogP contribution in [0.1, 0.15) is 17.3 Å². The Hall–Kier alpha value is -4.09. The molecule has 0 saturated heterocycles. The van der Waals surface area contributed by atoms with Gasteiger partial charge < -0.3 is 5.11 Å². The molecule has 12 nitrogen and oxygen atoms in total. The number of benzene rings is 1. The fraction of sp³-hybridized carbons (Fsp3) is 0.188. The van der Waals surface area contributed by atoms with E-state index < -0.39 is 38.7 Å². The van der Waals surface area contributed by atoms with E-state index in [1.807, 2.05) is 0 Å². The first-order valence-electron chi connectivity index (χ1n) is 7.98. The Morgan fingerprint density at radius 3 is 1.89 bits per heavy atom. The Morgan fingerprint density at radius 2 is 1.46 bits per heavy atom. The first-order valence-corrected chi connectivity index (χ1v) is 7.98. The first-order chi connectivity index (χ1) is 13.3. The van der Waals surface area contributed by atoms with E-state index in [9.17, 15) is 19.5 Å². The van der Waals surface area contributed by atoms with Crippen LogP contribution in [0.15, 0.2) is 44.3 Å². The Morgan fingerprint density at radius 1 is 0.964 bits per heavy atom. The Kier molecular flexibility index (Phi) is 4.85. The van der Waals surface area contributed by atoms with Crippen molar-refractivity contribution in [2.75, 3.05) is 10.9 Å². The zero-order valence-corrected chi connectivity index (χ0v) is 15.2. The van der Waals surface area contributed by atoms with Crippen molar-refractivity contribution in [1.29, 1.82) is 0 Å². The van der Waals surface area contributed by atoms with Crippen molar-refractivity contribution in [2.24, 2.45) is 24.3 Å². The summed E-state index contributed by atoms with van der Waals surface area (Å²) in [5.41, 5.74) is 2.58. The van der Waals surface area contributed by atoms with Gasteiger partial charge in [0.05, 0.1) is 12.4 Å². The third-order valence-electron chi connectivity index (χ3n) is 3.89. The van der Waals surface area contributed by atoms with Crippen LogP contribution in [0.4, 0.5) is 11.6 Å². The maximum atomic E-state index is 12.7. The van der Waals surface area contributed by atoms with Gasteiger partial charge >= 0.3 is 0 Å². The molecule has 28 heavy (non-hydrogen) atoms. The minimum atomic E-state index is -0.996. The Labute approximate surface area is 156 Å². The molecule has 0 radical (unpaired) electrons. The van der Waals surface area contributed by atoms with E-state index >= 15 is 0 Å². The number of aryl methyl sites for hydroxylation is 2. The van der Waals surface area contributed by atoms with E-state index in [4.69, 9.17) is 0 Å². The molecule has 0 atom stereocenters. The number of Topliss-reactive ketones (excluding diaryl/α,β-unsaturated/α-hetero) is 1. The normalized spacial score (nSPS) is 12.4. The molecule has 2 heterocycles. The third-order valence-corrected chi connectivity index (χ3v) is 3.89. The van der Waals surface area contributed by atoms with Gasteiger partial charge in [-0.3, -0.25) is 34.6 Å². The molecule has 0 spiro atoms. The van der Waals surface area contributed by atoms with Crippen LogP contribution in [-0.4, -0.2) is 30.5 Å². The molecule has 2 aromatic heterocycles. The summed E-state index contributed by atoms with van der Waals surface area (Å²) in [7, 11) is 3.26. The predicted molar refractivity (Wildman–Crippen MR) is 97.8 cm³/mol. The fourth-order valence-electron chi connectivity index (χ4n) is 2.39. The van der Waals surface area contributed by atoms with Crippen molar-refractivity contribution >= 4 is 17.4 Å². The molecule has 1 aromatic carbocycles. The van der Waals surface area contributed by atoms with Gasteiger partial charge in [-0.1, -0.05) is 0 Å². The quantitative estimate of drug-likeness (QED) is 0.355. The number of phenolic OH excluding ortho intramolecular Hbond substituents is 1. The second-order valence-electron chi connectivity index (χ2n) is 5.76. The van der Waals surface area contributed by atoms with Crippen LogP contribution in [0.3, 0.4) is 0 Å². The molecule has 0 amide bonds. The number of ketones is 1. The van der Waals surface area contributed by atoms with Crippen LogP contribution in [0.5, 0.6) is 5.75 Å². The largest absolute Gasteiger partial charge is 0.505 e. The van der Waals surface area contributed by atoms with Gasteiger partial charge in [-0.15, -0.1) is 0 Å². The topological polar surface area (TPSA) is 156 Å². The number of nitrogens with zero attached hydrogens (tertiary/aromatic N) is 6. The molecule has 0 aliphatic heterocycles. The van der Waals surface area contributed by atoms with Crippen LogP contribution in [0, 0.1) is 0 Å². The van der Waals surface area contributed by atoms with Gasteiger partial charge in [0, 0.05) is 26.2 Å². The van der Waals surface area contributed by atoms with E-state index in [-0.39, 0.29) is 0 Å². The number of anilines is 2.